The maximum Gasteiger partial charge on any atom is 0.118 e. The van der Waals surface area contributed by atoms with Crippen molar-refractivity contribution in [1.82, 2.24) is 0 Å². The van der Waals surface area contributed by atoms with Crippen LogP contribution in [0.15, 0.2) is 95.5 Å². The molecule has 0 fully saturated rings. The first kappa shape index (κ1) is 19.0. The van der Waals surface area contributed by atoms with Gasteiger partial charge < -0.3 is 9.47 Å². The summed E-state index contributed by atoms with van der Waals surface area (Å²) in [6.07, 6.45) is 0. The van der Waals surface area contributed by atoms with Crippen LogP contribution in [0.1, 0.15) is 22.3 Å². The summed E-state index contributed by atoms with van der Waals surface area (Å²) in [6, 6.07) is 32.2. The minimum atomic E-state index is -0.422. The SMILES string of the molecule is COc1ccc(C2(c3ccc(OC)cc3)c3ccccc3-c3ccc(Br)cc32)cc1. The number of benzene rings is 4. The number of hydrogen-bond donors (Lipinski definition) is 0. The third-order valence-corrected chi connectivity index (χ3v) is 6.55. The molecular weight excluding hydrogens is 436 g/mol. The molecule has 1 aliphatic carbocycles. The molecule has 1 aliphatic rings. The van der Waals surface area contributed by atoms with Crippen LogP contribution in [0.3, 0.4) is 0 Å². The lowest BCUT2D eigenvalue weighted by Gasteiger charge is -2.34. The van der Waals surface area contributed by atoms with Gasteiger partial charge in [0.1, 0.15) is 11.5 Å². The first-order chi connectivity index (χ1) is 14.7. The van der Waals surface area contributed by atoms with Crippen LogP contribution in [-0.4, -0.2) is 14.2 Å². The summed E-state index contributed by atoms with van der Waals surface area (Å²) in [5, 5.41) is 0. The molecule has 0 aromatic heterocycles. The Morgan fingerprint density at radius 1 is 0.600 bits per heavy atom. The van der Waals surface area contributed by atoms with Gasteiger partial charge in [-0.1, -0.05) is 70.5 Å². The number of halogens is 1. The third kappa shape index (κ3) is 2.69. The molecule has 0 atom stereocenters. The first-order valence-corrected chi connectivity index (χ1v) is 10.7. The van der Waals surface area contributed by atoms with Crippen LogP contribution in [-0.2, 0) is 5.41 Å². The highest BCUT2D eigenvalue weighted by Crippen LogP contribution is 2.56. The van der Waals surface area contributed by atoms with E-state index in [9.17, 15) is 0 Å². The Hall–Kier alpha value is -3.04. The van der Waals surface area contributed by atoms with E-state index in [2.05, 4.69) is 82.7 Å². The maximum absolute atomic E-state index is 5.43. The Labute approximate surface area is 185 Å². The Morgan fingerprint density at radius 2 is 1.13 bits per heavy atom. The van der Waals surface area contributed by atoms with Gasteiger partial charge in [0, 0.05) is 4.47 Å². The second kappa shape index (κ2) is 7.33. The van der Waals surface area contributed by atoms with E-state index in [1.807, 2.05) is 24.3 Å². The predicted molar refractivity (Wildman–Crippen MR) is 125 cm³/mol. The van der Waals surface area contributed by atoms with E-state index >= 15 is 0 Å². The summed E-state index contributed by atoms with van der Waals surface area (Å²) in [6.45, 7) is 0. The smallest absolute Gasteiger partial charge is 0.118 e. The fraction of sp³-hybridized carbons (Fsp3) is 0.111. The molecule has 30 heavy (non-hydrogen) atoms. The normalized spacial score (nSPS) is 13.4. The van der Waals surface area contributed by atoms with E-state index in [4.69, 9.17) is 9.47 Å². The molecule has 2 nitrogen and oxygen atoms in total. The van der Waals surface area contributed by atoms with Crippen molar-refractivity contribution >= 4 is 15.9 Å². The third-order valence-electron chi connectivity index (χ3n) is 6.05. The van der Waals surface area contributed by atoms with Gasteiger partial charge in [0.2, 0.25) is 0 Å². The molecule has 4 aromatic carbocycles. The van der Waals surface area contributed by atoms with Gasteiger partial charge in [-0.05, 0) is 69.8 Å². The zero-order valence-electron chi connectivity index (χ0n) is 16.9. The molecule has 0 bridgehead atoms. The zero-order valence-corrected chi connectivity index (χ0v) is 18.4. The van der Waals surface area contributed by atoms with Crippen molar-refractivity contribution in [2.45, 2.75) is 5.41 Å². The monoisotopic (exact) mass is 456 g/mol. The van der Waals surface area contributed by atoms with Crippen molar-refractivity contribution in [3.8, 4) is 22.6 Å². The van der Waals surface area contributed by atoms with Crippen LogP contribution < -0.4 is 9.47 Å². The summed E-state index contributed by atoms with van der Waals surface area (Å²) < 4.78 is 11.9. The molecule has 0 unspecified atom stereocenters. The molecule has 5 rings (SSSR count). The lowest BCUT2D eigenvalue weighted by Crippen LogP contribution is -2.28. The van der Waals surface area contributed by atoms with Crippen molar-refractivity contribution in [2.75, 3.05) is 14.2 Å². The van der Waals surface area contributed by atoms with Crippen molar-refractivity contribution in [3.05, 3.63) is 118 Å². The van der Waals surface area contributed by atoms with Crippen LogP contribution in [0.5, 0.6) is 11.5 Å². The van der Waals surface area contributed by atoms with Crippen molar-refractivity contribution < 1.29 is 9.47 Å². The van der Waals surface area contributed by atoms with Gasteiger partial charge in [0.05, 0.1) is 19.6 Å². The molecule has 148 valence electrons. The van der Waals surface area contributed by atoms with Crippen LogP contribution in [0.4, 0.5) is 0 Å². The second-order valence-electron chi connectivity index (χ2n) is 7.44. The molecule has 4 aromatic rings. The Bertz CT molecular complexity index is 1160. The maximum atomic E-state index is 5.43. The van der Waals surface area contributed by atoms with Crippen LogP contribution >= 0.6 is 15.9 Å². The predicted octanol–water partition coefficient (Wildman–Crippen LogP) is 6.83. The highest BCUT2D eigenvalue weighted by Gasteiger charge is 2.46. The molecule has 0 heterocycles. The summed E-state index contributed by atoms with van der Waals surface area (Å²) in [5.41, 5.74) is 7.08. The van der Waals surface area contributed by atoms with Crippen LogP contribution in [0.25, 0.3) is 11.1 Å². The molecule has 0 aliphatic heterocycles. The summed E-state index contributed by atoms with van der Waals surface area (Å²) >= 11 is 3.71. The Morgan fingerprint density at radius 3 is 1.70 bits per heavy atom. The quantitative estimate of drug-likeness (QED) is 0.295. The fourth-order valence-electron chi connectivity index (χ4n) is 4.72. The van der Waals surface area contributed by atoms with Gasteiger partial charge in [-0.15, -0.1) is 0 Å². The molecular formula is C27H21BrO2. The van der Waals surface area contributed by atoms with E-state index in [-0.39, 0.29) is 0 Å². The minimum absolute atomic E-state index is 0.422. The topological polar surface area (TPSA) is 18.5 Å². The van der Waals surface area contributed by atoms with Crippen molar-refractivity contribution in [1.29, 1.82) is 0 Å². The molecule has 0 N–H and O–H groups in total. The second-order valence-corrected chi connectivity index (χ2v) is 8.36. The number of fused-ring (bicyclic) bond motifs is 3. The fourth-order valence-corrected chi connectivity index (χ4v) is 5.08. The Kier molecular flexibility index (Phi) is 4.63. The van der Waals surface area contributed by atoms with E-state index < -0.39 is 5.41 Å². The van der Waals surface area contributed by atoms with Gasteiger partial charge in [-0.2, -0.15) is 0 Å². The number of ether oxygens (including phenoxy) is 2. The van der Waals surface area contributed by atoms with Gasteiger partial charge in [0.25, 0.3) is 0 Å². The molecule has 0 saturated carbocycles. The van der Waals surface area contributed by atoms with Crippen LogP contribution in [0.2, 0.25) is 0 Å². The molecule has 0 radical (unpaired) electrons. The van der Waals surface area contributed by atoms with Crippen molar-refractivity contribution in [2.24, 2.45) is 0 Å². The minimum Gasteiger partial charge on any atom is -0.497 e. The molecule has 0 amide bonds. The lowest BCUT2D eigenvalue weighted by atomic mass is 9.68. The van der Waals surface area contributed by atoms with Gasteiger partial charge in [-0.25, -0.2) is 0 Å². The number of rotatable bonds is 4. The van der Waals surface area contributed by atoms with Gasteiger partial charge in [0.15, 0.2) is 0 Å². The Balaban J connectivity index is 1.90. The van der Waals surface area contributed by atoms with E-state index in [0.29, 0.717) is 0 Å². The van der Waals surface area contributed by atoms with Gasteiger partial charge >= 0.3 is 0 Å². The van der Waals surface area contributed by atoms with E-state index in [0.717, 1.165) is 16.0 Å². The van der Waals surface area contributed by atoms with Crippen LogP contribution in [0, 0.1) is 0 Å². The summed E-state index contributed by atoms with van der Waals surface area (Å²) in [4.78, 5) is 0. The highest BCUT2D eigenvalue weighted by atomic mass is 79.9. The molecule has 0 spiro atoms. The van der Waals surface area contributed by atoms with Gasteiger partial charge in [-0.3, -0.25) is 0 Å². The summed E-state index contributed by atoms with van der Waals surface area (Å²) in [5.74, 6) is 1.70. The van der Waals surface area contributed by atoms with E-state index in [1.54, 1.807) is 14.2 Å². The lowest BCUT2D eigenvalue weighted by molar-refractivity contribution is 0.414. The van der Waals surface area contributed by atoms with E-state index in [1.165, 1.54) is 33.4 Å². The van der Waals surface area contributed by atoms with Crippen molar-refractivity contribution in [3.63, 3.8) is 0 Å². The molecule has 0 saturated heterocycles. The summed E-state index contributed by atoms with van der Waals surface area (Å²) in [7, 11) is 3.40. The number of hydrogen-bond acceptors (Lipinski definition) is 2. The average molecular weight is 457 g/mol. The zero-order chi connectivity index (χ0) is 20.7. The molecule has 3 heteroatoms. The number of methoxy groups -OCH3 is 2. The highest BCUT2D eigenvalue weighted by molar-refractivity contribution is 9.10. The largest absolute Gasteiger partial charge is 0.497 e. The average Bonchev–Trinajstić information content (AvgIpc) is 3.09. The first-order valence-electron chi connectivity index (χ1n) is 9.87. The standard InChI is InChI=1S/C27H21BrO2/c1-29-21-12-7-18(8-13-21)27(19-9-14-22(30-2)15-10-19)25-6-4-3-5-23(25)24-16-11-20(28)17-26(24)27/h3-17H,1-2H3.